The van der Waals surface area contributed by atoms with Gasteiger partial charge in [0.25, 0.3) is 0 Å². The minimum Gasteiger partial charge on any atom is -0.359 e. The molecule has 1 aromatic carbocycles. The largest absolute Gasteiger partial charge is 0.359 e. The first-order valence-electron chi connectivity index (χ1n) is 8.22. The molecule has 3 rings (SSSR count). The fourth-order valence-electron chi connectivity index (χ4n) is 2.79. The number of carbonyl (C=O) groups excluding carboxylic acids is 2. The molecular weight excluding hydrogens is 361 g/mol. The number of anilines is 2. The van der Waals surface area contributed by atoms with E-state index in [4.69, 9.17) is 16.1 Å². The average Bonchev–Trinajstić information content (AvgIpc) is 3.16. The lowest BCUT2D eigenvalue weighted by atomic mass is 9.93. The van der Waals surface area contributed by atoms with Crippen LogP contribution in [-0.4, -0.2) is 23.0 Å². The molecule has 1 aromatic heterocycles. The lowest BCUT2D eigenvalue weighted by molar-refractivity contribution is -0.120. The number of nitrogens with zero attached hydrogens (tertiary/aromatic N) is 2. The van der Waals surface area contributed by atoms with Crippen molar-refractivity contribution < 1.29 is 18.5 Å². The lowest BCUT2D eigenvalue weighted by Gasteiger charge is -2.24. The summed E-state index contributed by atoms with van der Waals surface area (Å²) >= 11 is 5.69. The molecule has 1 aliphatic rings. The van der Waals surface area contributed by atoms with Gasteiger partial charge in [-0.1, -0.05) is 37.5 Å². The van der Waals surface area contributed by atoms with Crippen LogP contribution in [0.4, 0.5) is 15.9 Å². The smallest absolute Gasteiger partial charge is 0.248 e. The van der Waals surface area contributed by atoms with E-state index >= 15 is 0 Å². The molecule has 8 heteroatoms. The molecule has 0 spiro atoms. The Labute approximate surface area is 155 Å². The molecular formula is C18H19ClFN3O3. The molecule has 1 saturated heterocycles. The van der Waals surface area contributed by atoms with E-state index < -0.39 is 17.8 Å². The summed E-state index contributed by atoms with van der Waals surface area (Å²) in [6, 6.07) is 4.93. The number of nitrogens with one attached hydrogen (secondary N) is 1. The summed E-state index contributed by atoms with van der Waals surface area (Å²) in [5, 5.41) is 6.47. The maximum atomic E-state index is 13.8. The molecule has 0 unspecified atom stereocenters. The molecule has 6 nitrogen and oxygen atoms in total. The van der Waals surface area contributed by atoms with E-state index in [2.05, 4.69) is 10.5 Å². The minimum atomic E-state index is -0.752. The second-order valence-corrected chi connectivity index (χ2v) is 7.64. The number of aromatic nitrogens is 1. The van der Waals surface area contributed by atoms with Gasteiger partial charge in [-0.2, -0.15) is 0 Å². The van der Waals surface area contributed by atoms with Crippen LogP contribution in [0.1, 0.15) is 39.4 Å². The highest BCUT2D eigenvalue weighted by Gasteiger charge is 2.37. The first-order chi connectivity index (χ1) is 12.2. The Bertz CT molecular complexity index is 860. The van der Waals surface area contributed by atoms with Crippen molar-refractivity contribution in [3.63, 3.8) is 0 Å². The Kier molecular flexibility index (Phi) is 4.75. The van der Waals surface area contributed by atoms with E-state index in [1.165, 1.54) is 17.0 Å². The topological polar surface area (TPSA) is 75.4 Å². The zero-order chi connectivity index (χ0) is 19.1. The normalized spacial score (nSPS) is 17.7. The molecule has 26 heavy (non-hydrogen) atoms. The van der Waals surface area contributed by atoms with Crippen LogP contribution in [0, 0.1) is 5.82 Å². The predicted octanol–water partition coefficient (Wildman–Crippen LogP) is 3.90. The summed E-state index contributed by atoms with van der Waals surface area (Å²) in [6.07, 6.45) is 0.535. The van der Waals surface area contributed by atoms with Crippen LogP contribution < -0.4 is 10.2 Å². The van der Waals surface area contributed by atoms with Gasteiger partial charge in [-0.3, -0.25) is 14.5 Å². The zero-order valence-electron chi connectivity index (χ0n) is 14.7. The lowest BCUT2D eigenvalue weighted by Crippen LogP contribution is -2.41. The number of rotatable bonds is 3. The van der Waals surface area contributed by atoms with Crippen molar-refractivity contribution in [3.8, 4) is 0 Å². The van der Waals surface area contributed by atoms with Crippen LogP contribution in [0.15, 0.2) is 28.8 Å². The molecule has 2 aromatic rings. The molecule has 1 N–H and O–H groups in total. The number of hydrogen-bond acceptors (Lipinski definition) is 4. The number of benzene rings is 1. The van der Waals surface area contributed by atoms with Gasteiger partial charge < -0.3 is 9.84 Å². The van der Waals surface area contributed by atoms with Crippen LogP contribution >= 0.6 is 11.6 Å². The molecule has 1 atom stereocenters. The first-order valence-corrected chi connectivity index (χ1v) is 8.60. The van der Waals surface area contributed by atoms with Crippen molar-refractivity contribution >= 4 is 34.9 Å². The monoisotopic (exact) mass is 379 g/mol. The Morgan fingerprint density at radius 1 is 1.38 bits per heavy atom. The number of carbonyl (C=O) groups is 2. The van der Waals surface area contributed by atoms with Crippen LogP contribution in [0.5, 0.6) is 0 Å². The van der Waals surface area contributed by atoms with Gasteiger partial charge in [-0.15, -0.1) is 0 Å². The summed E-state index contributed by atoms with van der Waals surface area (Å²) in [5.74, 6) is -0.384. The molecule has 138 valence electrons. The molecule has 2 heterocycles. The van der Waals surface area contributed by atoms with E-state index in [0.717, 1.165) is 6.07 Å². The van der Waals surface area contributed by atoms with E-state index in [9.17, 15) is 14.0 Å². The van der Waals surface area contributed by atoms with Crippen molar-refractivity contribution in [1.29, 1.82) is 0 Å². The summed E-state index contributed by atoms with van der Waals surface area (Å²) in [6.45, 7) is 5.89. The van der Waals surface area contributed by atoms with E-state index in [0.29, 0.717) is 17.9 Å². The predicted molar refractivity (Wildman–Crippen MR) is 95.8 cm³/mol. The van der Waals surface area contributed by atoms with Gasteiger partial charge in [0.1, 0.15) is 17.6 Å². The van der Waals surface area contributed by atoms with Crippen LogP contribution in [0.25, 0.3) is 0 Å². The quantitative estimate of drug-likeness (QED) is 0.877. The summed E-state index contributed by atoms with van der Waals surface area (Å²) in [7, 11) is 0. The summed E-state index contributed by atoms with van der Waals surface area (Å²) < 4.78 is 19.0. The van der Waals surface area contributed by atoms with Gasteiger partial charge in [-0.05, 0) is 24.6 Å². The Balaban J connectivity index is 1.80. The van der Waals surface area contributed by atoms with Crippen molar-refractivity contribution in [2.45, 2.75) is 45.1 Å². The van der Waals surface area contributed by atoms with Crippen molar-refractivity contribution in [3.05, 3.63) is 40.9 Å². The molecule has 2 amide bonds. The van der Waals surface area contributed by atoms with Gasteiger partial charge in [0.15, 0.2) is 5.82 Å². The average molecular weight is 380 g/mol. The van der Waals surface area contributed by atoms with Gasteiger partial charge in [0.2, 0.25) is 11.8 Å². The zero-order valence-corrected chi connectivity index (χ0v) is 15.4. The Hall–Kier alpha value is -2.41. The Morgan fingerprint density at radius 3 is 2.73 bits per heavy atom. The van der Waals surface area contributed by atoms with Crippen molar-refractivity contribution in [2.75, 3.05) is 10.2 Å². The SMILES string of the molecule is CC(C)(C)c1cc(NC(=O)[C@@H]2CCC(=O)N2c2ccc(Cl)c(F)c2)no1. The van der Waals surface area contributed by atoms with E-state index in [-0.39, 0.29) is 28.6 Å². The first kappa shape index (κ1) is 18.4. The van der Waals surface area contributed by atoms with Crippen LogP contribution in [0.2, 0.25) is 5.02 Å². The van der Waals surface area contributed by atoms with Crippen molar-refractivity contribution in [1.82, 2.24) is 5.16 Å². The Morgan fingerprint density at radius 2 is 2.12 bits per heavy atom. The summed E-state index contributed by atoms with van der Waals surface area (Å²) in [4.78, 5) is 26.2. The molecule has 0 radical (unpaired) electrons. The maximum absolute atomic E-state index is 13.8. The second kappa shape index (κ2) is 6.72. The standard InChI is InChI=1S/C18H19ClFN3O3/c1-18(2,3)14-9-15(22-26-14)21-17(25)13-6-7-16(24)23(13)10-4-5-11(19)12(20)8-10/h4-5,8-9,13H,6-7H2,1-3H3,(H,21,22,25)/t13-/m0/s1. The second-order valence-electron chi connectivity index (χ2n) is 7.23. The number of amides is 2. The highest BCUT2D eigenvalue weighted by atomic mass is 35.5. The molecule has 0 aliphatic carbocycles. The number of hydrogen-bond donors (Lipinski definition) is 1. The third kappa shape index (κ3) is 3.58. The van der Waals surface area contributed by atoms with Crippen molar-refractivity contribution in [2.24, 2.45) is 0 Å². The minimum absolute atomic E-state index is 0.0429. The molecule has 0 saturated carbocycles. The third-order valence-electron chi connectivity index (χ3n) is 4.20. The third-order valence-corrected chi connectivity index (χ3v) is 4.50. The van der Waals surface area contributed by atoms with Gasteiger partial charge in [0.05, 0.1) is 5.02 Å². The van der Waals surface area contributed by atoms with Crippen LogP contribution in [-0.2, 0) is 15.0 Å². The van der Waals surface area contributed by atoms with E-state index in [1.807, 2.05) is 20.8 Å². The fourth-order valence-corrected chi connectivity index (χ4v) is 2.91. The summed E-state index contributed by atoms with van der Waals surface area (Å²) in [5.41, 5.74) is 0.0525. The van der Waals surface area contributed by atoms with Crippen LogP contribution in [0.3, 0.4) is 0 Å². The molecule has 1 aliphatic heterocycles. The van der Waals surface area contributed by atoms with Gasteiger partial charge in [0, 0.05) is 23.6 Å². The highest BCUT2D eigenvalue weighted by molar-refractivity contribution is 6.30. The van der Waals surface area contributed by atoms with Gasteiger partial charge >= 0.3 is 0 Å². The fraction of sp³-hybridized carbons (Fsp3) is 0.389. The van der Waals surface area contributed by atoms with Gasteiger partial charge in [-0.25, -0.2) is 4.39 Å². The number of halogens is 2. The van der Waals surface area contributed by atoms with E-state index in [1.54, 1.807) is 6.07 Å². The molecule has 0 bridgehead atoms. The highest BCUT2D eigenvalue weighted by Crippen LogP contribution is 2.30. The molecule has 1 fully saturated rings. The maximum Gasteiger partial charge on any atom is 0.248 e.